The smallest absolute Gasteiger partial charge is 0.326 e. The third-order valence-electron chi connectivity index (χ3n) is 3.05. The molecule has 5 nitrogen and oxygen atoms in total. The molecule has 0 aromatic heterocycles. The molecule has 5 heteroatoms. The van der Waals surface area contributed by atoms with Crippen LogP contribution in [0.2, 0.25) is 0 Å². The molecule has 3 N–H and O–H groups in total. The van der Waals surface area contributed by atoms with Crippen molar-refractivity contribution in [2.45, 2.75) is 39.7 Å². The maximum Gasteiger partial charge on any atom is 0.326 e. The largest absolute Gasteiger partial charge is 0.480 e. The van der Waals surface area contributed by atoms with E-state index in [0.717, 1.165) is 5.56 Å². The first kappa shape index (κ1) is 16.0. The molecule has 0 heterocycles. The van der Waals surface area contributed by atoms with Crippen LogP contribution in [0, 0.1) is 5.92 Å². The topological polar surface area (TPSA) is 78.4 Å². The number of carboxylic acid groups (broad SMARTS) is 1. The molecule has 1 aromatic carbocycles. The number of nitrogens with one attached hydrogen (secondary N) is 2. The lowest BCUT2D eigenvalue weighted by Crippen LogP contribution is -2.46. The van der Waals surface area contributed by atoms with E-state index >= 15 is 0 Å². The highest BCUT2D eigenvalue weighted by atomic mass is 16.4. The van der Waals surface area contributed by atoms with Crippen LogP contribution in [0.15, 0.2) is 24.3 Å². The Bertz CT molecular complexity index is 484. The van der Waals surface area contributed by atoms with Crippen molar-refractivity contribution >= 4 is 17.7 Å². The molecule has 110 valence electrons. The number of anilines is 1. The van der Waals surface area contributed by atoms with Crippen molar-refractivity contribution in [2.75, 3.05) is 5.32 Å². The third-order valence-corrected chi connectivity index (χ3v) is 3.05. The van der Waals surface area contributed by atoms with E-state index in [0.29, 0.717) is 5.69 Å². The monoisotopic (exact) mass is 278 g/mol. The lowest BCUT2D eigenvalue weighted by molar-refractivity contribution is -0.140. The van der Waals surface area contributed by atoms with Gasteiger partial charge in [-0.25, -0.2) is 9.59 Å². The molecule has 0 saturated heterocycles. The standard InChI is InChI=1S/C15H22N2O3/c1-9(2)11-7-5-6-8-12(11)16-15(20)17-13(10(3)4)14(18)19/h5-10,13H,1-4H3,(H,18,19)(H2,16,17,20)/t13-/m0/s1. The molecular formula is C15H22N2O3. The van der Waals surface area contributed by atoms with Crippen LogP contribution in [0.5, 0.6) is 0 Å². The predicted octanol–water partition coefficient (Wildman–Crippen LogP) is 3.04. The summed E-state index contributed by atoms with van der Waals surface area (Å²) in [6, 6.07) is 6.09. The Morgan fingerprint density at radius 1 is 1.10 bits per heavy atom. The molecule has 1 aromatic rings. The Morgan fingerprint density at radius 2 is 1.70 bits per heavy atom. The first-order chi connectivity index (χ1) is 9.32. The van der Waals surface area contributed by atoms with Crippen molar-refractivity contribution in [3.8, 4) is 0 Å². The number of carbonyl (C=O) groups excluding carboxylic acids is 1. The van der Waals surface area contributed by atoms with E-state index in [2.05, 4.69) is 10.6 Å². The second-order valence-corrected chi connectivity index (χ2v) is 5.40. The first-order valence-electron chi connectivity index (χ1n) is 6.72. The van der Waals surface area contributed by atoms with Gasteiger partial charge in [0.1, 0.15) is 6.04 Å². The number of rotatable bonds is 5. The van der Waals surface area contributed by atoms with Crippen LogP contribution in [0.1, 0.15) is 39.2 Å². The number of benzene rings is 1. The second-order valence-electron chi connectivity index (χ2n) is 5.40. The quantitative estimate of drug-likeness (QED) is 0.774. The van der Waals surface area contributed by atoms with Gasteiger partial charge in [0.15, 0.2) is 0 Å². The summed E-state index contributed by atoms with van der Waals surface area (Å²) < 4.78 is 0. The van der Waals surface area contributed by atoms with Gasteiger partial charge < -0.3 is 15.7 Å². The van der Waals surface area contributed by atoms with Crippen LogP contribution in [0.25, 0.3) is 0 Å². The van der Waals surface area contributed by atoms with E-state index < -0.39 is 18.0 Å². The van der Waals surface area contributed by atoms with E-state index in [-0.39, 0.29) is 11.8 Å². The number of aliphatic carboxylic acids is 1. The Balaban J connectivity index is 2.79. The average Bonchev–Trinajstić information content (AvgIpc) is 2.35. The fraction of sp³-hybridized carbons (Fsp3) is 0.467. The summed E-state index contributed by atoms with van der Waals surface area (Å²) >= 11 is 0. The van der Waals surface area contributed by atoms with Gasteiger partial charge in [0.2, 0.25) is 0 Å². The second kappa shape index (κ2) is 6.93. The Kier molecular flexibility index (Phi) is 5.55. The number of carbonyl (C=O) groups is 2. The van der Waals surface area contributed by atoms with Gasteiger partial charge in [0.25, 0.3) is 0 Å². The number of carboxylic acids is 1. The summed E-state index contributed by atoms with van der Waals surface area (Å²) in [5.74, 6) is -0.947. The van der Waals surface area contributed by atoms with Gasteiger partial charge in [0, 0.05) is 5.69 Å². The van der Waals surface area contributed by atoms with E-state index in [1.807, 2.05) is 32.0 Å². The van der Waals surface area contributed by atoms with Crippen LogP contribution in [0.3, 0.4) is 0 Å². The lowest BCUT2D eigenvalue weighted by atomic mass is 10.0. The molecule has 0 aliphatic rings. The van der Waals surface area contributed by atoms with Crippen LogP contribution in [-0.2, 0) is 4.79 Å². The molecule has 0 saturated carbocycles. The van der Waals surface area contributed by atoms with E-state index in [1.165, 1.54) is 0 Å². The zero-order chi connectivity index (χ0) is 15.3. The van der Waals surface area contributed by atoms with Crippen molar-refractivity contribution in [3.05, 3.63) is 29.8 Å². The summed E-state index contributed by atoms with van der Waals surface area (Å²) in [4.78, 5) is 23.0. The normalized spacial score (nSPS) is 12.3. The average molecular weight is 278 g/mol. The van der Waals surface area contributed by atoms with E-state index in [4.69, 9.17) is 5.11 Å². The fourth-order valence-electron chi connectivity index (χ4n) is 1.93. The van der Waals surface area contributed by atoms with Crippen molar-refractivity contribution in [2.24, 2.45) is 5.92 Å². The lowest BCUT2D eigenvalue weighted by Gasteiger charge is -2.19. The van der Waals surface area contributed by atoms with Gasteiger partial charge in [-0.05, 0) is 23.5 Å². The van der Waals surface area contributed by atoms with Crippen molar-refractivity contribution in [1.82, 2.24) is 5.32 Å². The molecule has 0 radical (unpaired) electrons. The summed E-state index contributed by atoms with van der Waals surface area (Å²) in [6.07, 6.45) is 0. The summed E-state index contributed by atoms with van der Waals surface area (Å²) in [6.45, 7) is 7.57. The molecular weight excluding hydrogens is 256 g/mol. The van der Waals surface area contributed by atoms with E-state index in [9.17, 15) is 9.59 Å². The highest BCUT2D eigenvalue weighted by molar-refractivity contribution is 5.93. The minimum Gasteiger partial charge on any atom is -0.480 e. The highest BCUT2D eigenvalue weighted by Crippen LogP contribution is 2.23. The summed E-state index contributed by atoms with van der Waals surface area (Å²) in [5.41, 5.74) is 1.71. The van der Waals surface area contributed by atoms with Gasteiger partial charge in [0.05, 0.1) is 0 Å². The number of para-hydroxylation sites is 1. The molecule has 1 rings (SSSR count). The van der Waals surface area contributed by atoms with E-state index in [1.54, 1.807) is 19.9 Å². The zero-order valence-corrected chi connectivity index (χ0v) is 12.3. The molecule has 0 bridgehead atoms. The van der Waals surface area contributed by atoms with Gasteiger partial charge in [-0.1, -0.05) is 45.9 Å². The van der Waals surface area contributed by atoms with Crippen molar-refractivity contribution in [3.63, 3.8) is 0 Å². The van der Waals surface area contributed by atoms with Crippen LogP contribution < -0.4 is 10.6 Å². The Hall–Kier alpha value is -2.04. The number of urea groups is 1. The third kappa shape index (κ3) is 4.26. The van der Waals surface area contributed by atoms with Gasteiger partial charge >= 0.3 is 12.0 Å². The Labute approximate surface area is 119 Å². The molecule has 0 aliphatic heterocycles. The zero-order valence-electron chi connectivity index (χ0n) is 12.3. The minimum absolute atomic E-state index is 0.182. The SMILES string of the molecule is CC(C)c1ccccc1NC(=O)N[C@H](C(=O)O)C(C)C. The van der Waals surface area contributed by atoms with Gasteiger partial charge in [-0.3, -0.25) is 0 Å². The molecule has 2 amide bonds. The predicted molar refractivity (Wildman–Crippen MR) is 78.9 cm³/mol. The molecule has 0 fully saturated rings. The van der Waals surface area contributed by atoms with Gasteiger partial charge in [-0.2, -0.15) is 0 Å². The minimum atomic E-state index is -1.03. The van der Waals surface area contributed by atoms with Crippen molar-refractivity contribution in [1.29, 1.82) is 0 Å². The van der Waals surface area contributed by atoms with Gasteiger partial charge in [-0.15, -0.1) is 0 Å². The maximum atomic E-state index is 11.9. The first-order valence-corrected chi connectivity index (χ1v) is 6.72. The fourth-order valence-corrected chi connectivity index (χ4v) is 1.93. The summed E-state index contributed by atoms with van der Waals surface area (Å²) in [5, 5.41) is 14.3. The number of amides is 2. The Morgan fingerprint density at radius 3 is 2.20 bits per heavy atom. The summed E-state index contributed by atoms with van der Waals surface area (Å²) in [7, 11) is 0. The van der Waals surface area contributed by atoms with Crippen LogP contribution >= 0.6 is 0 Å². The molecule has 0 aliphatic carbocycles. The number of hydrogen-bond acceptors (Lipinski definition) is 2. The van der Waals surface area contributed by atoms with Crippen LogP contribution in [-0.4, -0.2) is 23.1 Å². The van der Waals surface area contributed by atoms with Crippen LogP contribution in [0.4, 0.5) is 10.5 Å². The number of hydrogen-bond donors (Lipinski definition) is 3. The molecule has 0 unspecified atom stereocenters. The molecule has 0 spiro atoms. The van der Waals surface area contributed by atoms with Crippen molar-refractivity contribution < 1.29 is 14.7 Å². The highest BCUT2D eigenvalue weighted by Gasteiger charge is 2.23. The maximum absolute atomic E-state index is 11.9. The molecule has 1 atom stereocenters. The molecule has 20 heavy (non-hydrogen) atoms.